The summed E-state index contributed by atoms with van der Waals surface area (Å²) < 4.78 is 16.5. The van der Waals surface area contributed by atoms with Crippen molar-refractivity contribution in [1.82, 2.24) is 0 Å². The van der Waals surface area contributed by atoms with E-state index in [9.17, 15) is 4.79 Å². The molecular formula is C20H25NO4. The maximum Gasteiger partial charge on any atom is 0.265 e. The second kappa shape index (κ2) is 8.97. The number of amides is 1. The molecule has 0 aliphatic heterocycles. The topological polar surface area (TPSA) is 56.8 Å². The predicted octanol–water partition coefficient (Wildman–Crippen LogP) is 4.14. The number of methoxy groups -OCH3 is 1. The van der Waals surface area contributed by atoms with Crippen LogP contribution >= 0.6 is 0 Å². The number of benzene rings is 2. The maximum atomic E-state index is 12.4. The highest BCUT2D eigenvalue weighted by Crippen LogP contribution is 2.25. The Morgan fingerprint density at radius 2 is 1.64 bits per heavy atom. The van der Waals surface area contributed by atoms with Crippen LogP contribution in [0.5, 0.6) is 17.2 Å². The summed E-state index contributed by atoms with van der Waals surface area (Å²) in [7, 11) is 1.60. The molecule has 0 bridgehead atoms. The normalized spacial score (nSPS) is 11.7. The third-order valence-corrected chi connectivity index (χ3v) is 3.46. The van der Waals surface area contributed by atoms with Gasteiger partial charge in [0.1, 0.15) is 17.2 Å². The third-order valence-electron chi connectivity index (χ3n) is 3.46. The number of para-hydroxylation sites is 2. The van der Waals surface area contributed by atoms with E-state index in [2.05, 4.69) is 19.2 Å². The van der Waals surface area contributed by atoms with Gasteiger partial charge in [0.15, 0.2) is 6.10 Å². The minimum absolute atomic E-state index is 0.239. The van der Waals surface area contributed by atoms with Gasteiger partial charge in [0.2, 0.25) is 0 Å². The largest absolute Gasteiger partial charge is 0.497 e. The second-order valence-electron chi connectivity index (χ2n) is 6.13. The van der Waals surface area contributed by atoms with Crippen molar-refractivity contribution >= 4 is 11.6 Å². The standard InChI is InChI=1S/C20H25NO4/c1-14(2)13-24-19-8-6-5-7-18(19)21-20(22)15(3)25-17-11-9-16(23-4)10-12-17/h5-12,14-15H,13H2,1-4H3,(H,21,22). The average molecular weight is 343 g/mol. The summed E-state index contributed by atoms with van der Waals surface area (Å²) in [6.07, 6.45) is -0.647. The molecule has 1 unspecified atom stereocenters. The van der Waals surface area contributed by atoms with Gasteiger partial charge in [-0.05, 0) is 49.2 Å². The van der Waals surface area contributed by atoms with Crippen molar-refractivity contribution in [1.29, 1.82) is 0 Å². The molecule has 1 atom stereocenters. The first-order valence-electron chi connectivity index (χ1n) is 8.33. The van der Waals surface area contributed by atoms with Gasteiger partial charge in [0.25, 0.3) is 5.91 Å². The highest BCUT2D eigenvalue weighted by Gasteiger charge is 2.17. The number of hydrogen-bond donors (Lipinski definition) is 1. The Hall–Kier alpha value is -2.69. The Balaban J connectivity index is 1.98. The van der Waals surface area contributed by atoms with Gasteiger partial charge in [-0.25, -0.2) is 0 Å². The SMILES string of the molecule is COc1ccc(OC(C)C(=O)Nc2ccccc2OCC(C)C)cc1. The van der Waals surface area contributed by atoms with Crippen molar-refractivity contribution in [2.45, 2.75) is 26.9 Å². The summed E-state index contributed by atoms with van der Waals surface area (Å²) in [6.45, 7) is 6.44. The van der Waals surface area contributed by atoms with Crippen molar-refractivity contribution in [3.05, 3.63) is 48.5 Å². The molecule has 0 aliphatic carbocycles. The molecule has 25 heavy (non-hydrogen) atoms. The molecule has 0 heterocycles. The lowest BCUT2D eigenvalue weighted by atomic mass is 10.2. The van der Waals surface area contributed by atoms with Crippen molar-refractivity contribution < 1.29 is 19.0 Å². The Morgan fingerprint density at radius 1 is 1.00 bits per heavy atom. The summed E-state index contributed by atoms with van der Waals surface area (Å²) in [6, 6.07) is 14.5. The van der Waals surface area contributed by atoms with Crippen LogP contribution in [0.2, 0.25) is 0 Å². The van der Waals surface area contributed by atoms with Crippen LogP contribution in [0.4, 0.5) is 5.69 Å². The summed E-state index contributed by atoms with van der Waals surface area (Å²) in [4.78, 5) is 12.4. The van der Waals surface area contributed by atoms with Crippen molar-refractivity contribution in [2.75, 3.05) is 19.0 Å². The lowest BCUT2D eigenvalue weighted by molar-refractivity contribution is -0.122. The monoisotopic (exact) mass is 343 g/mol. The van der Waals surface area contributed by atoms with E-state index in [1.807, 2.05) is 24.3 Å². The Morgan fingerprint density at radius 3 is 2.28 bits per heavy atom. The summed E-state index contributed by atoms with van der Waals surface area (Å²) in [5, 5.41) is 2.86. The van der Waals surface area contributed by atoms with Gasteiger partial charge in [-0.15, -0.1) is 0 Å². The van der Waals surface area contributed by atoms with Gasteiger partial charge in [-0.3, -0.25) is 4.79 Å². The summed E-state index contributed by atoms with van der Waals surface area (Å²) in [5.74, 6) is 2.16. The number of nitrogens with one attached hydrogen (secondary N) is 1. The quantitative estimate of drug-likeness (QED) is 0.783. The fourth-order valence-corrected chi connectivity index (χ4v) is 2.10. The molecule has 1 amide bonds. The Bertz CT molecular complexity index is 682. The number of rotatable bonds is 8. The van der Waals surface area contributed by atoms with E-state index in [1.165, 1.54) is 0 Å². The molecule has 1 N–H and O–H groups in total. The van der Waals surface area contributed by atoms with Gasteiger partial charge in [-0.2, -0.15) is 0 Å². The molecule has 5 heteroatoms. The van der Waals surface area contributed by atoms with E-state index < -0.39 is 6.10 Å². The molecule has 5 nitrogen and oxygen atoms in total. The number of ether oxygens (including phenoxy) is 3. The van der Waals surface area contributed by atoms with Gasteiger partial charge in [-0.1, -0.05) is 26.0 Å². The second-order valence-corrected chi connectivity index (χ2v) is 6.13. The molecule has 0 aromatic heterocycles. The molecule has 2 rings (SSSR count). The molecule has 0 fully saturated rings. The number of carbonyl (C=O) groups is 1. The zero-order chi connectivity index (χ0) is 18.2. The molecule has 2 aromatic rings. The number of carbonyl (C=O) groups excluding carboxylic acids is 1. The van der Waals surface area contributed by atoms with Crippen molar-refractivity contribution in [3.63, 3.8) is 0 Å². The van der Waals surface area contributed by atoms with Crippen LogP contribution in [-0.4, -0.2) is 25.7 Å². The van der Waals surface area contributed by atoms with Crippen molar-refractivity contribution in [3.8, 4) is 17.2 Å². The molecule has 0 aliphatic rings. The average Bonchev–Trinajstić information content (AvgIpc) is 2.61. The van der Waals surface area contributed by atoms with Crippen LogP contribution in [0.3, 0.4) is 0 Å². The zero-order valence-corrected chi connectivity index (χ0v) is 15.1. The fraction of sp³-hybridized carbons (Fsp3) is 0.350. The maximum absolute atomic E-state index is 12.4. The van der Waals surface area contributed by atoms with Crippen LogP contribution in [0.1, 0.15) is 20.8 Å². The number of anilines is 1. The molecular weight excluding hydrogens is 318 g/mol. The van der Waals surface area contributed by atoms with Gasteiger partial charge < -0.3 is 19.5 Å². The van der Waals surface area contributed by atoms with Gasteiger partial charge in [0.05, 0.1) is 19.4 Å². The smallest absolute Gasteiger partial charge is 0.265 e. The summed E-state index contributed by atoms with van der Waals surface area (Å²) in [5.41, 5.74) is 0.637. The van der Waals surface area contributed by atoms with Gasteiger partial charge >= 0.3 is 0 Å². The van der Waals surface area contributed by atoms with Gasteiger partial charge in [0, 0.05) is 0 Å². The Kier molecular flexibility index (Phi) is 6.69. The van der Waals surface area contributed by atoms with Crippen LogP contribution in [0.25, 0.3) is 0 Å². The van der Waals surface area contributed by atoms with E-state index in [1.54, 1.807) is 38.3 Å². The third kappa shape index (κ3) is 5.71. The van der Waals surface area contributed by atoms with E-state index in [0.29, 0.717) is 29.7 Å². The predicted molar refractivity (Wildman–Crippen MR) is 98.5 cm³/mol. The first-order chi connectivity index (χ1) is 12.0. The van der Waals surface area contributed by atoms with Crippen LogP contribution < -0.4 is 19.5 Å². The highest BCUT2D eigenvalue weighted by atomic mass is 16.5. The van der Waals surface area contributed by atoms with E-state index in [0.717, 1.165) is 5.75 Å². The molecule has 0 saturated carbocycles. The summed E-state index contributed by atoms with van der Waals surface area (Å²) >= 11 is 0. The van der Waals surface area contributed by atoms with Crippen LogP contribution in [0.15, 0.2) is 48.5 Å². The minimum Gasteiger partial charge on any atom is -0.497 e. The molecule has 0 radical (unpaired) electrons. The molecule has 2 aromatic carbocycles. The first kappa shape index (κ1) is 18.6. The number of hydrogen-bond acceptors (Lipinski definition) is 4. The molecule has 0 spiro atoms. The lowest BCUT2D eigenvalue weighted by Gasteiger charge is -2.17. The van der Waals surface area contributed by atoms with E-state index in [4.69, 9.17) is 14.2 Å². The molecule has 0 saturated heterocycles. The molecule has 134 valence electrons. The van der Waals surface area contributed by atoms with E-state index >= 15 is 0 Å². The minimum atomic E-state index is -0.647. The highest BCUT2D eigenvalue weighted by molar-refractivity contribution is 5.95. The Labute approximate surface area is 148 Å². The lowest BCUT2D eigenvalue weighted by Crippen LogP contribution is -2.30. The van der Waals surface area contributed by atoms with Crippen LogP contribution in [-0.2, 0) is 4.79 Å². The first-order valence-corrected chi connectivity index (χ1v) is 8.33. The van der Waals surface area contributed by atoms with Crippen LogP contribution in [0, 0.1) is 5.92 Å². The van der Waals surface area contributed by atoms with E-state index in [-0.39, 0.29) is 5.91 Å². The fourth-order valence-electron chi connectivity index (χ4n) is 2.10. The zero-order valence-electron chi connectivity index (χ0n) is 15.1. The van der Waals surface area contributed by atoms with Crippen molar-refractivity contribution in [2.24, 2.45) is 5.92 Å².